The summed E-state index contributed by atoms with van der Waals surface area (Å²) >= 11 is 0. The van der Waals surface area contributed by atoms with Crippen molar-refractivity contribution in [2.45, 2.75) is 39.0 Å². The predicted octanol–water partition coefficient (Wildman–Crippen LogP) is 1.09. The molecule has 0 bridgehead atoms. The lowest BCUT2D eigenvalue weighted by atomic mass is 10.1. The molecule has 0 spiro atoms. The molecule has 1 N–H and O–H groups in total. The van der Waals surface area contributed by atoms with E-state index in [-0.39, 0.29) is 24.6 Å². The Morgan fingerprint density at radius 3 is 2.17 bits per heavy atom. The van der Waals surface area contributed by atoms with Gasteiger partial charge in [0.1, 0.15) is 11.6 Å². The predicted molar refractivity (Wildman–Crippen MR) is 45.9 cm³/mol. The average Bonchev–Trinajstić information content (AvgIpc) is 1.98. The second-order valence-corrected chi connectivity index (χ2v) is 2.92. The van der Waals surface area contributed by atoms with E-state index in [0.717, 1.165) is 12.8 Å². The summed E-state index contributed by atoms with van der Waals surface area (Å²) in [5, 5.41) is 8.41. The van der Waals surface area contributed by atoms with E-state index >= 15 is 0 Å². The van der Waals surface area contributed by atoms with Gasteiger partial charge in [-0.2, -0.15) is 0 Å². The first kappa shape index (κ1) is 11.3. The van der Waals surface area contributed by atoms with E-state index in [1.807, 2.05) is 0 Å². The van der Waals surface area contributed by atoms with Gasteiger partial charge in [-0.25, -0.2) is 0 Å². The van der Waals surface area contributed by atoms with Crippen molar-refractivity contribution in [2.75, 3.05) is 6.61 Å². The summed E-state index contributed by atoms with van der Waals surface area (Å²) in [4.78, 5) is 21.3. The Kier molecular flexibility index (Phi) is 6.57. The number of aliphatic hydroxyl groups is 1. The van der Waals surface area contributed by atoms with Crippen LogP contribution in [0.25, 0.3) is 0 Å². The summed E-state index contributed by atoms with van der Waals surface area (Å²) < 4.78 is 0. The first-order valence-corrected chi connectivity index (χ1v) is 4.29. The summed E-state index contributed by atoms with van der Waals surface area (Å²) in [6.45, 7) is 1.49. The number of Topliss-reactive ketones (excluding diaryl/α,β-unsaturated/α-hetero) is 2. The van der Waals surface area contributed by atoms with Gasteiger partial charge >= 0.3 is 0 Å². The number of unbranched alkanes of at least 4 members (excludes halogenated alkanes) is 1. The zero-order valence-electron chi connectivity index (χ0n) is 7.51. The molecule has 12 heavy (non-hydrogen) atoms. The monoisotopic (exact) mass is 172 g/mol. The van der Waals surface area contributed by atoms with Crippen molar-refractivity contribution in [1.82, 2.24) is 0 Å². The second kappa shape index (κ2) is 6.98. The molecule has 0 radical (unpaired) electrons. The minimum absolute atomic E-state index is 0.0639. The molecule has 0 unspecified atom stereocenters. The summed E-state index contributed by atoms with van der Waals surface area (Å²) in [5.74, 6) is 0.255. The van der Waals surface area contributed by atoms with Gasteiger partial charge in [0.05, 0.1) is 0 Å². The maximum Gasteiger partial charge on any atom is 0.135 e. The normalized spacial score (nSPS) is 9.83. The zero-order valence-corrected chi connectivity index (χ0v) is 7.51. The highest BCUT2D eigenvalue weighted by atomic mass is 16.3. The lowest BCUT2D eigenvalue weighted by molar-refractivity contribution is -0.120. The van der Waals surface area contributed by atoms with Crippen molar-refractivity contribution in [2.24, 2.45) is 0 Å². The van der Waals surface area contributed by atoms with Crippen molar-refractivity contribution in [3.63, 3.8) is 0 Å². The number of hydrogen-bond donors (Lipinski definition) is 1. The molecule has 0 heterocycles. The fourth-order valence-electron chi connectivity index (χ4n) is 0.946. The van der Waals surface area contributed by atoms with E-state index in [0.29, 0.717) is 12.8 Å². The molecule has 0 saturated heterocycles. The highest BCUT2D eigenvalue weighted by Crippen LogP contribution is 2.02. The Labute approximate surface area is 72.8 Å². The van der Waals surface area contributed by atoms with E-state index in [2.05, 4.69) is 0 Å². The first-order chi connectivity index (χ1) is 5.66. The van der Waals surface area contributed by atoms with Crippen molar-refractivity contribution in [3.05, 3.63) is 0 Å². The van der Waals surface area contributed by atoms with Crippen LogP contribution in [0, 0.1) is 0 Å². The molecule has 0 aromatic carbocycles. The lowest BCUT2D eigenvalue weighted by Crippen LogP contribution is -2.00. The summed E-state index contributed by atoms with van der Waals surface area (Å²) in [5.41, 5.74) is 0. The molecule has 0 aliphatic heterocycles. The van der Waals surface area contributed by atoms with Crippen LogP contribution in [-0.2, 0) is 9.59 Å². The quantitative estimate of drug-likeness (QED) is 0.585. The Bertz CT molecular complexity index is 152. The van der Waals surface area contributed by atoms with Gasteiger partial charge in [0.2, 0.25) is 0 Å². The molecule has 3 heteroatoms. The van der Waals surface area contributed by atoms with Crippen molar-refractivity contribution >= 4 is 11.6 Å². The number of ketones is 2. The van der Waals surface area contributed by atoms with E-state index in [9.17, 15) is 9.59 Å². The Balaban J connectivity index is 3.19. The molecule has 3 nitrogen and oxygen atoms in total. The van der Waals surface area contributed by atoms with E-state index < -0.39 is 0 Å². The standard InChI is InChI=1S/C9H16O3/c1-8(11)4-2-3-5-9(12)6-7-10/h10H,2-7H2,1H3. The molecule has 0 aliphatic rings. The molecule has 0 atom stereocenters. The third kappa shape index (κ3) is 7.41. The maximum atomic E-state index is 10.8. The summed E-state index contributed by atoms with van der Waals surface area (Å²) in [6.07, 6.45) is 2.85. The molecule has 0 rings (SSSR count). The topological polar surface area (TPSA) is 54.4 Å². The highest BCUT2D eigenvalue weighted by Gasteiger charge is 2.00. The van der Waals surface area contributed by atoms with Gasteiger partial charge in [-0.3, -0.25) is 4.79 Å². The van der Waals surface area contributed by atoms with Crippen LogP contribution in [0.5, 0.6) is 0 Å². The molecule has 0 fully saturated rings. The largest absolute Gasteiger partial charge is 0.396 e. The van der Waals surface area contributed by atoms with Crippen LogP contribution < -0.4 is 0 Å². The van der Waals surface area contributed by atoms with Crippen molar-refractivity contribution < 1.29 is 14.7 Å². The van der Waals surface area contributed by atoms with Crippen LogP contribution in [0.4, 0.5) is 0 Å². The number of carbonyl (C=O) groups excluding carboxylic acids is 2. The van der Waals surface area contributed by atoms with Gasteiger partial charge in [-0.05, 0) is 19.8 Å². The van der Waals surface area contributed by atoms with E-state index in [1.54, 1.807) is 6.92 Å². The minimum atomic E-state index is -0.0639. The van der Waals surface area contributed by atoms with E-state index in [1.165, 1.54) is 0 Å². The van der Waals surface area contributed by atoms with Gasteiger partial charge in [-0.15, -0.1) is 0 Å². The third-order valence-corrected chi connectivity index (χ3v) is 1.63. The second-order valence-electron chi connectivity index (χ2n) is 2.92. The minimum Gasteiger partial charge on any atom is -0.396 e. The van der Waals surface area contributed by atoms with Crippen molar-refractivity contribution in [1.29, 1.82) is 0 Å². The number of carbonyl (C=O) groups is 2. The first-order valence-electron chi connectivity index (χ1n) is 4.29. The Morgan fingerprint density at radius 2 is 1.67 bits per heavy atom. The smallest absolute Gasteiger partial charge is 0.135 e. The van der Waals surface area contributed by atoms with Crippen LogP contribution in [-0.4, -0.2) is 23.3 Å². The van der Waals surface area contributed by atoms with Gasteiger partial charge in [0.15, 0.2) is 0 Å². The molecular weight excluding hydrogens is 156 g/mol. The SMILES string of the molecule is CC(=O)CCCCC(=O)CCO. The molecule has 0 aromatic rings. The molecular formula is C9H16O3. The van der Waals surface area contributed by atoms with Crippen LogP contribution >= 0.6 is 0 Å². The maximum absolute atomic E-state index is 10.8. The van der Waals surface area contributed by atoms with Crippen molar-refractivity contribution in [3.8, 4) is 0 Å². The number of aliphatic hydroxyl groups excluding tert-OH is 1. The molecule has 0 amide bonds. The summed E-state index contributed by atoms with van der Waals surface area (Å²) in [7, 11) is 0. The van der Waals surface area contributed by atoms with Crippen LogP contribution in [0.2, 0.25) is 0 Å². The Morgan fingerprint density at radius 1 is 1.08 bits per heavy atom. The van der Waals surface area contributed by atoms with Gasteiger partial charge in [0, 0.05) is 25.9 Å². The molecule has 0 aromatic heterocycles. The highest BCUT2D eigenvalue weighted by molar-refractivity contribution is 5.78. The van der Waals surface area contributed by atoms with Gasteiger partial charge in [-0.1, -0.05) is 0 Å². The van der Waals surface area contributed by atoms with Gasteiger partial charge < -0.3 is 9.90 Å². The molecule has 0 saturated carbocycles. The van der Waals surface area contributed by atoms with Gasteiger partial charge in [0.25, 0.3) is 0 Å². The fourth-order valence-corrected chi connectivity index (χ4v) is 0.946. The average molecular weight is 172 g/mol. The third-order valence-electron chi connectivity index (χ3n) is 1.63. The van der Waals surface area contributed by atoms with Crippen LogP contribution in [0.15, 0.2) is 0 Å². The van der Waals surface area contributed by atoms with E-state index in [4.69, 9.17) is 5.11 Å². The number of hydrogen-bond acceptors (Lipinski definition) is 3. The zero-order chi connectivity index (χ0) is 9.40. The summed E-state index contributed by atoms with van der Waals surface area (Å²) in [6, 6.07) is 0. The Hall–Kier alpha value is -0.700. The molecule has 70 valence electrons. The molecule has 0 aliphatic carbocycles. The van der Waals surface area contributed by atoms with Crippen LogP contribution in [0.3, 0.4) is 0 Å². The lowest BCUT2D eigenvalue weighted by Gasteiger charge is -1.97. The van der Waals surface area contributed by atoms with Crippen LogP contribution in [0.1, 0.15) is 39.0 Å². The fraction of sp³-hybridized carbons (Fsp3) is 0.778. The number of rotatable bonds is 7.